The van der Waals surface area contributed by atoms with Gasteiger partial charge in [-0.25, -0.2) is 0 Å². The number of halogens is 2. The van der Waals surface area contributed by atoms with Crippen molar-refractivity contribution in [3.05, 3.63) is 69.4 Å². The lowest BCUT2D eigenvalue weighted by Crippen LogP contribution is -2.22. The van der Waals surface area contributed by atoms with Gasteiger partial charge in [0.15, 0.2) is 5.65 Å². The van der Waals surface area contributed by atoms with Crippen LogP contribution in [0.2, 0.25) is 0 Å². The predicted molar refractivity (Wildman–Crippen MR) is 109 cm³/mol. The molecule has 154 valence electrons. The van der Waals surface area contributed by atoms with Crippen LogP contribution in [0.4, 0.5) is 8.78 Å². The Morgan fingerprint density at radius 2 is 1.83 bits per heavy atom. The second-order valence-corrected chi connectivity index (χ2v) is 7.30. The zero-order valence-electron chi connectivity index (χ0n) is 15.8. The average molecular weight is 431 g/mol. The van der Waals surface area contributed by atoms with Crippen molar-refractivity contribution in [3.63, 3.8) is 0 Å². The number of benzene rings is 1. The van der Waals surface area contributed by atoms with E-state index in [2.05, 4.69) is 9.72 Å². The smallest absolute Gasteiger partial charge is 0.387 e. The predicted octanol–water partition coefficient (Wildman–Crippen LogP) is 3.42. The molecular formula is C20H15F2N3O4S. The highest BCUT2D eigenvalue weighted by Gasteiger charge is 2.17. The fraction of sp³-hybridized carbons (Fsp3) is 0.150. The molecule has 0 saturated heterocycles. The van der Waals surface area contributed by atoms with E-state index in [0.29, 0.717) is 32.4 Å². The van der Waals surface area contributed by atoms with Crippen molar-refractivity contribution in [2.24, 2.45) is 7.05 Å². The number of ether oxygens (including phenoxy) is 2. The van der Waals surface area contributed by atoms with Crippen molar-refractivity contribution in [2.45, 2.75) is 6.61 Å². The molecule has 0 fully saturated rings. The zero-order valence-corrected chi connectivity index (χ0v) is 16.7. The fourth-order valence-electron chi connectivity index (χ4n) is 3.03. The molecule has 1 aromatic carbocycles. The van der Waals surface area contributed by atoms with Crippen molar-refractivity contribution in [1.29, 1.82) is 0 Å². The average Bonchev–Trinajstić information content (AvgIpc) is 3.13. The van der Waals surface area contributed by atoms with Crippen LogP contribution in [0, 0.1) is 0 Å². The van der Waals surface area contributed by atoms with Gasteiger partial charge in [-0.05, 0) is 36.4 Å². The first kappa shape index (κ1) is 19.8. The zero-order chi connectivity index (χ0) is 21.4. The largest absolute Gasteiger partial charge is 0.473 e. The van der Waals surface area contributed by atoms with Gasteiger partial charge < -0.3 is 14.0 Å². The van der Waals surface area contributed by atoms with E-state index in [4.69, 9.17) is 4.74 Å². The van der Waals surface area contributed by atoms with Gasteiger partial charge in [0, 0.05) is 24.9 Å². The maximum Gasteiger partial charge on any atom is 0.387 e. The first-order valence-corrected chi connectivity index (χ1v) is 9.52. The van der Waals surface area contributed by atoms with E-state index in [9.17, 15) is 18.4 Å². The highest BCUT2D eigenvalue weighted by Crippen LogP contribution is 2.31. The summed E-state index contributed by atoms with van der Waals surface area (Å²) in [6.45, 7) is -2.94. The van der Waals surface area contributed by atoms with Gasteiger partial charge >= 0.3 is 6.61 Å². The second kappa shape index (κ2) is 7.71. The van der Waals surface area contributed by atoms with Crippen LogP contribution in [-0.4, -0.2) is 27.8 Å². The first-order valence-electron chi connectivity index (χ1n) is 8.70. The van der Waals surface area contributed by atoms with E-state index in [1.165, 1.54) is 57.9 Å². The molecule has 0 spiro atoms. The van der Waals surface area contributed by atoms with Crippen LogP contribution in [0.1, 0.15) is 0 Å². The summed E-state index contributed by atoms with van der Waals surface area (Å²) >= 11 is 1.26. The number of nitrogens with zero attached hydrogens (tertiary/aromatic N) is 3. The van der Waals surface area contributed by atoms with E-state index in [-0.39, 0.29) is 16.9 Å². The lowest BCUT2D eigenvalue weighted by Gasteiger charge is -2.11. The van der Waals surface area contributed by atoms with Crippen molar-refractivity contribution >= 4 is 21.7 Å². The van der Waals surface area contributed by atoms with Gasteiger partial charge in [0.05, 0.1) is 23.1 Å². The Hall–Kier alpha value is -3.53. The minimum absolute atomic E-state index is 0.0249. The van der Waals surface area contributed by atoms with E-state index in [1.807, 2.05) is 0 Å². The third-order valence-electron chi connectivity index (χ3n) is 4.43. The molecule has 10 heteroatoms. The van der Waals surface area contributed by atoms with E-state index >= 15 is 0 Å². The number of rotatable bonds is 5. The summed E-state index contributed by atoms with van der Waals surface area (Å²) in [4.78, 5) is 29.5. The Kier molecular flexibility index (Phi) is 5.08. The molecule has 0 bridgehead atoms. The minimum atomic E-state index is -2.94. The molecule has 0 aliphatic carbocycles. The van der Waals surface area contributed by atoms with Crippen molar-refractivity contribution in [2.75, 3.05) is 7.11 Å². The monoisotopic (exact) mass is 431 g/mol. The number of hydrogen-bond donors (Lipinski definition) is 0. The topological polar surface area (TPSA) is 75.4 Å². The van der Waals surface area contributed by atoms with Crippen LogP contribution in [0.25, 0.3) is 27.2 Å². The third kappa shape index (κ3) is 3.57. The summed E-state index contributed by atoms with van der Waals surface area (Å²) in [6, 6.07) is 10.3. The molecule has 0 amide bonds. The number of aryl methyl sites for hydroxylation is 1. The Labute approximate surface area is 172 Å². The quantitative estimate of drug-likeness (QED) is 0.484. The molecule has 0 atom stereocenters. The lowest BCUT2D eigenvalue weighted by molar-refractivity contribution is -0.0498. The van der Waals surface area contributed by atoms with Gasteiger partial charge in [0.2, 0.25) is 5.56 Å². The van der Waals surface area contributed by atoms with Gasteiger partial charge in [-0.3, -0.25) is 14.2 Å². The summed E-state index contributed by atoms with van der Waals surface area (Å²) in [6.07, 6.45) is 1.58. The highest BCUT2D eigenvalue weighted by atomic mass is 32.1. The Morgan fingerprint density at radius 1 is 1.10 bits per heavy atom. The van der Waals surface area contributed by atoms with Crippen LogP contribution in [0.5, 0.6) is 10.9 Å². The number of pyridine rings is 2. The Balaban J connectivity index is 1.96. The summed E-state index contributed by atoms with van der Waals surface area (Å²) < 4.78 is 37.9. The van der Waals surface area contributed by atoms with Gasteiger partial charge in [-0.1, -0.05) is 11.3 Å². The van der Waals surface area contributed by atoms with Crippen LogP contribution >= 0.6 is 11.3 Å². The van der Waals surface area contributed by atoms with Crippen LogP contribution in [-0.2, 0) is 7.05 Å². The van der Waals surface area contributed by atoms with Crippen LogP contribution in [0.3, 0.4) is 0 Å². The van der Waals surface area contributed by atoms with Gasteiger partial charge in [-0.15, -0.1) is 0 Å². The van der Waals surface area contributed by atoms with E-state index < -0.39 is 6.61 Å². The molecule has 4 rings (SSSR count). The number of hydrogen-bond acceptors (Lipinski definition) is 6. The van der Waals surface area contributed by atoms with Crippen molar-refractivity contribution in [3.8, 4) is 27.8 Å². The molecule has 0 saturated carbocycles. The summed E-state index contributed by atoms with van der Waals surface area (Å²) in [5, 5.41) is 0.369. The molecule has 7 nitrogen and oxygen atoms in total. The molecule has 0 aliphatic rings. The molecule has 3 aromatic heterocycles. The lowest BCUT2D eigenvalue weighted by atomic mass is 10.1. The summed E-state index contributed by atoms with van der Waals surface area (Å²) in [7, 11) is 3.07. The third-order valence-corrected chi connectivity index (χ3v) is 5.38. The molecule has 0 radical (unpaired) electrons. The molecule has 0 N–H and O–H groups in total. The van der Waals surface area contributed by atoms with Crippen LogP contribution < -0.4 is 20.6 Å². The number of methoxy groups -OCH3 is 1. The molecule has 0 aliphatic heterocycles. The number of aromatic nitrogens is 3. The van der Waals surface area contributed by atoms with Crippen molar-refractivity contribution < 1.29 is 18.3 Å². The first-order chi connectivity index (χ1) is 14.4. The second-order valence-electron chi connectivity index (χ2n) is 6.31. The van der Waals surface area contributed by atoms with Crippen molar-refractivity contribution in [1.82, 2.24) is 14.1 Å². The maximum atomic E-state index is 13.4. The summed E-state index contributed by atoms with van der Waals surface area (Å²) in [5.41, 5.74) is 1.13. The van der Waals surface area contributed by atoms with Gasteiger partial charge in [-0.2, -0.15) is 13.8 Å². The van der Waals surface area contributed by atoms with Crippen LogP contribution in [0.15, 0.2) is 58.3 Å². The normalized spacial score (nSPS) is 11.2. The highest BCUT2D eigenvalue weighted by molar-refractivity contribution is 7.20. The molecular weight excluding hydrogens is 416 g/mol. The number of fused-ring (bicyclic) bond motifs is 1. The van der Waals surface area contributed by atoms with Gasteiger partial charge in [0.1, 0.15) is 5.75 Å². The Morgan fingerprint density at radius 3 is 2.47 bits per heavy atom. The standard InChI is InChI=1S/C20H15F2N3O4S/c1-24-10-11(3-8-16(24)26)14-9-15-17(23-20(28-2)30-15)25(18(14)27)12-4-6-13(7-5-12)29-19(21)22/h3-10,19H,1-2H3. The number of alkyl halides is 2. The van der Waals surface area contributed by atoms with Gasteiger partial charge in [0.25, 0.3) is 10.8 Å². The Bertz CT molecular complexity index is 1340. The molecule has 3 heterocycles. The van der Waals surface area contributed by atoms with E-state index in [1.54, 1.807) is 25.4 Å². The minimum Gasteiger partial charge on any atom is -0.473 e. The summed E-state index contributed by atoms with van der Waals surface area (Å²) in [5.74, 6) is -0.0249. The number of thiazole rings is 1. The molecule has 4 aromatic rings. The van der Waals surface area contributed by atoms with E-state index in [0.717, 1.165) is 0 Å². The SMILES string of the molecule is COc1nc2c(cc(-c3ccc(=O)n(C)c3)c(=O)n2-c2ccc(OC(F)F)cc2)s1. The fourth-order valence-corrected chi connectivity index (χ4v) is 3.84. The molecule has 0 unspecified atom stereocenters. The molecule has 30 heavy (non-hydrogen) atoms. The maximum absolute atomic E-state index is 13.4.